The number of esters is 2. The van der Waals surface area contributed by atoms with Crippen molar-refractivity contribution in [2.24, 2.45) is 29.4 Å². The third kappa shape index (κ3) is 18.7. The molecule has 2 saturated heterocycles. The molecule has 0 spiro atoms. The fourth-order valence-corrected chi connectivity index (χ4v) is 11.8. The molecule has 480 valence electrons. The molecule has 20 nitrogen and oxygen atoms in total. The van der Waals surface area contributed by atoms with Crippen LogP contribution in [0.15, 0.2) is 54.1 Å². The summed E-state index contributed by atoms with van der Waals surface area (Å²) in [6, 6.07) is 4.07. The molecule has 87 heavy (non-hydrogen) atoms. The number of fused-ring (bicyclic) bond motifs is 5. The van der Waals surface area contributed by atoms with E-state index in [4.69, 9.17) is 45.8 Å². The number of benzene rings is 2. The number of anilines is 2. The SMILES string of the molecule is COc1cc2cc(c1Cl)N(C)C(=O)C[C@H](OC(=O)Nc1ccc(CC(=O)[C@H](CCCNC(N)=O)NC(=O)[C@@H](CC(=O)CCCCC(C)(C)OC(=O)C3CCC3)C(C)C)cc1C(F)(F)F)[C@]1(C)O[C@H]1[C@H](C)[C@@H]1C[C@@](O)(CC(=O)O1)[C@H](OC)/C=C/C=C(\C)C2. The van der Waals surface area contributed by atoms with Gasteiger partial charge in [0.2, 0.25) is 11.8 Å². The van der Waals surface area contributed by atoms with E-state index in [-0.39, 0.29) is 84.3 Å². The van der Waals surface area contributed by atoms with Crippen LogP contribution >= 0.6 is 11.6 Å². The van der Waals surface area contributed by atoms with Crippen LogP contribution in [0, 0.1) is 23.7 Å². The summed E-state index contributed by atoms with van der Waals surface area (Å²) in [6.07, 6.45) is -2.85. The van der Waals surface area contributed by atoms with E-state index in [1.54, 1.807) is 45.1 Å². The molecule has 1 aliphatic carbocycles. The van der Waals surface area contributed by atoms with Crippen molar-refractivity contribution in [2.45, 2.75) is 198 Å². The van der Waals surface area contributed by atoms with Gasteiger partial charge in [-0.3, -0.25) is 34.1 Å². The second kappa shape index (κ2) is 29.6. The molecule has 2 aromatic carbocycles. The van der Waals surface area contributed by atoms with Gasteiger partial charge in [0.05, 0.1) is 55.0 Å². The van der Waals surface area contributed by atoms with Crippen LogP contribution < -0.4 is 31.3 Å². The quantitative estimate of drug-likeness (QED) is 0.0300. The van der Waals surface area contributed by atoms with Crippen LogP contribution in [-0.4, -0.2) is 128 Å². The van der Waals surface area contributed by atoms with E-state index in [0.29, 0.717) is 37.3 Å². The Labute approximate surface area is 511 Å². The number of ether oxygens (including phenoxy) is 6. The Kier molecular flexibility index (Phi) is 23.7. The first-order valence-electron chi connectivity index (χ1n) is 29.7. The lowest BCUT2D eigenvalue weighted by Gasteiger charge is -2.41. The van der Waals surface area contributed by atoms with Gasteiger partial charge in [-0.15, -0.1) is 0 Å². The highest BCUT2D eigenvalue weighted by Crippen LogP contribution is 2.50. The standard InChI is InChI=1S/C63H85ClF3N5O15/c1-35(2)42(31-41(73)19-11-12-24-60(5,6)87-57(78)40-17-14-18-40)56(77)70-45(20-15-25-69-58(68)79)47(74)29-38-22-23-44(43(27-38)63(65,66)67)71-59(80)85-51-32-52(75)72(8)46-28-39(30-48(82-9)54(46)64)26-36(3)16-13-21-50(83-10)62(81)33-49(84-53(76)34-62)37(4)55-61(51,7)86-55/h13,16,21-23,27-28,30,35,37,40,42,45,49-51,55,81H,11-12,14-15,17-20,24-26,29,31-34H2,1-10H3,(H,70,77)(H,71,80)(H3,68,69,79)/b21-13+,36-16+/t37-,42+,45+,49+,50-,51+,55+,61+,62-/m1/s1. The maximum absolute atomic E-state index is 15.1. The highest BCUT2D eigenvalue weighted by Gasteiger charge is 2.64. The van der Waals surface area contributed by atoms with Gasteiger partial charge in [0, 0.05) is 58.2 Å². The van der Waals surface area contributed by atoms with Gasteiger partial charge in [0.25, 0.3) is 0 Å². The number of rotatable bonds is 23. The summed E-state index contributed by atoms with van der Waals surface area (Å²) >= 11 is 6.81. The smallest absolute Gasteiger partial charge is 0.418 e. The Hall–Kier alpha value is -6.56. The zero-order chi connectivity index (χ0) is 64.3. The Morgan fingerprint density at radius 3 is 2.37 bits per heavy atom. The van der Waals surface area contributed by atoms with Gasteiger partial charge in [0.15, 0.2) is 5.78 Å². The number of Topliss-reactive ketones (excluding diaryl/α,β-unsaturated/α-hetero) is 2. The van der Waals surface area contributed by atoms with E-state index in [1.165, 1.54) is 39.2 Å². The number of carbonyl (C=O) groups is 8. The van der Waals surface area contributed by atoms with Gasteiger partial charge in [-0.25, -0.2) is 9.59 Å². The minimum atomic E-state index is -5.13. The number of primary amides is 1. The summed E-state index contributed by atoms with van der Waals surface area (Å²) in [5.41, 5.74) is 0.740. The number of allylic oxidation sites excluding steroid dienone is 3. The van der Waals surface area contributed by atoms with Crippen LogP contribution in [0.1, 0.15) is 149 Å². The normalized spacial score (nSPS) is 25.3. The Morgan fingerprint density at radius 1 is 1.02 bits per heavy atom. The summed E-state index contributed by atoms with van der Waals surface area (Å²) in [7, 11) is 4.25. The van der Waals surface area contributed by atoms with Crippen LogP contribution in [0.25, 0.3) is 0 Å². The summed E-state index contributed by atoms with van der Waals surface area (Å²) in [4.78, 5) is 108. The van der Waals surface area contributed by atoms with Gasteiger partial charge in [-0.05, 0) is 120 Å². The highest BCUT2D eigenvalue weighted by molar-refractivity contribution is 6.35. The first-order chi connectivity index (χ1) is 40.8. The van der Waals surface area contributed by atoms with Gasteiger partial charge in [-0.1, -0.05) is 68.7 Å². The third-order valence-corrected chi connectivity index (χ3v) is 17.4. The summed E-state index contributed by atoms with van der Waals surface area (Å²) in [5.74, 6) is -4.87. The number of amides is 5. The van der Waals surface area contributed by atoms with E-state index < -0.39 is 131 Å². The van der Waals surface area contributed by atoms with Crippen LogP contribution in [0.3, 0.4) is 0 Å². The van der Waals surface area contributed by atoms with Crippen molar-refractivity contribution in [1.29, 1.82) is 0 Å². The van der Waals surface area contributed by atoms with Crippen LogP contribution in [0.5, 0.6) is 5.75 Å². The largest absolute Gasteiger partial charge is 0.495 e. The molecule has 1 saturated carbocycles. The molecule has 24 heteroatoms. The average molecular weight is 1240 g/mol. The molecule has 2 aromatic rings. The lowest BCUT2D eigenvalue weighted by atomic mass is 9.78. The number of urea groups is 1. The molecular weight excluding hydrogens is 1160 g/mol. The molecule has 0 radical (unpaired) electrons. The second-order valence-corrected chi connectivity index (χ2v) is 25.1. The van der Waals surface area contributed by atoms with Crippen molar-refractivity contribution in [1.82, 2.24) is 10.6 Å². The molecule has 5 amide bonds. The maximum Gasteiger partial charge on any atom is 0.418 e. The number of hydrogen-bond donors (Lipinski definition) is 5. The predicted octanol–water partition coefficient (Wildman–Crippen LogP) is 9.60. The van der Waals surface area contributed by atoms with Gasteiger partial charge >= 0.3 is 30.2 Å². The number of nitrogens with one attached hydrogen (secondary N) is 3. The van der Waals surface area contributed by atoms with E-state index in [9.17, 15) is 43.5 Å². The Morgan fingerprint density at radius 2 is 1.74 bits per heavy atom. The fraction of sp³-hybridized carbons (Fsp3) is 0.619. The van der Waals surface area contributed by atoms with Crippen molar-refractivity contribution < 1.29 is 85.1 Å². The zero-order valence-electron chi connectivity index (χ0n) is 51.3. The van der Waals surface area contributed by atoms with Crippen molar-refractivity contribution in [3.8, 4) is 5.75 Å². The highest BCUT2D eigenvalue weighted by atomic mass is 35.5. The third-order valence-electron chi connectivity index (χ3n) is 17.0. The fourth-order valence-electron chi connectivity index (χ4n) is 11.5. The minimum absolute atomic E-state index is 0.00573. The number of epoxide rings is 1. The lowest BCUT2D eigenvalue weighted by molar-refractivity contribution is -0.187. The molecule has 0 unspecified atom stereocenters. The number of ketones is 2. The summed E-state index contributed by atoms with van der Waals surface area (Å²) < 4.78 is 80.2. The lowest BCUT2D eigenvalue weighted by Crippen LogP contribution is -2.53. The number of carbonyl (C=O) groups excluding carboxylic acids is 8. The molecule has 9 atom stereocenters. The Bertz CT molecular complexity index is 2930. The number of aliphatic hydroxyl groups is 1. The molecule has 0 aromatic heterocycles. The predicted molar refractivity (Wildman–Crippen MR) is 317 cm³/mol. The maximum atomic E-state index is 15.1. The van der Waals surface area contributed by atoms with E-state index in [0.717, 1.165) is 30.9 Å². The Balaban J connectivity index is 1.20. The molecule has 4 aliphatic rings. The zero-order valence-corrected chi connectivity index (χ0v) is 52.1. The molecular formula is C63H85ClF3N5O15. The van der Waals surface area contributed by atoms with Crippen LogP contribution in [0.4, 0.5) is 34.1 Å². The van der Waals surface area contributed by atoms with Gasteiger partial charge in [0.1, 0.15) is 51.7 Å². The monoisotopic (exact) mass is 1240 g/mol. The molecule has 3 heterocycles. The van der Waals surface area contributed by atoms with E-state index in [1.807, 2.05) is 26.8 Å². The number of nitrogens with two attached hydrogens (primary N) is 1. The molecule has 4 bridgehead atoms. The van der Waals surface area contributed by atoms with Gasteiger partial charge in [-0.2, -0.15) is 13.2 Å². The van der Waals surface area contributed by atoms with Crippen LogP contribution in [0.2, 0.25) is 5.02 Å². The number of nitrogens with zero attached hydrogens (tertiary/aromatic N) is 1. The summed E-state index contributed by atoms with van der Waals surface area (Å²) in [5, 5.41) is 19.4. The second-order valence-electron chi connectivity index (χ2n) is 24.8. The van der Waals surface area contributed by atoms with Crippen molar-refractivity contribution in [2.75, 3.05) is 38.0 Å². The van der Waals surface area contributed by atoms with E-state index >= 15 is 13.2 Å². The average Bonchev–Trinajstić information content (AvgIpc) is 1.61. The molecule has 6 N–H and O–H groups in total. The topological polar surface area (TPSA) is 281 Å². The van der Waals surface area contributed by atoms with Crippen LogP contribution in [-0.2, 0) is 71.5 Å². The number of alkyl halides is 3. The number of halogens is 4. The number of methoxy groups -OCH3 is 2. The van der Waals surface area contributed by atoms with Crippen molar-refractivity contribution in [3.05, 3.63) is 75.8 Å². The molecule has 3 aliphatic heterocycles. The van der Waals surface area contributed by atoms with Crippen molar-refractivity contribution in [3.63, 3.8) is 0 Å². The first-order valence-corrected chi connectivity index (χ1v) is 30.0. The molecule has 6 rings (SSSR count). The van der Waals surface area contributed by atoms with Crippen molar-refractivity contribution >= 4 is 70.4 Å². The summed E-state index contributed by atoms with van der Waals surface area (Å²) in [6.45, 7) is 12.2. The molecule has 3 fully saturated rings. The van der Waals surface area contributed by atoms with Gasteiger partial charge < -0.3 is 54.8 Å². The first kappa shape index (κ1) is 69.5. The number of hydrogen-bond acceptors (Lipinski definition) is 15. The van der Waals surface area contributed by atoms with E-state index in [2.05, 4.69) is 16.0 Å². The number of unbranched alkanes of at least 4 members (excludes halogenated alkanes) is 1. The minimum Gasteiger partial charge on any atom is -0.495 e.